The van der Waals surface area contributed by atoms with E-state index in [0.29, 0.717) is 38.9 Å². The fourth-order valence-corrected chi connectivity index (χ4v) is 6.91. The molecule has 1 saturated carbocycles. The molecule has 0 atom stereocenters. The highest BCUT2D eigenvalue weighted by Gasteiger charge is 2.77. The monoisotopic (exact) mass is 449 g/mol. The predicted molar refractivity (Wildman–Crippen MR) is 129 cm³/mol. The average molecular weight is 450 g/mol. The Bertz CT molecular complexity index is 1090. The van der Waals surface area contributed by atoms with Crippen molar-refractivity contribution in [2.24, 2.45) is 16.2 Å². The Morgan fingerprint density at radius 3 is 1.00 bits per heavy atom. The largest absolute Gasteiger partial charge is 0.299 e. The van der Waals surface area contributed by atoms with E-state index in [1.165, 1.54) is 0 Å². The van der Waals surface area contributed by atoms with Crippen LogP contribution >= 0.6 is 0 Å². The molecule has 0 N–H and O–H groups in total. The maximum Gasteiger partial charge on any atom is 0.163 e. The van der Waals surface area contributed by atoms with Crippen LogP contribution in [-0.4, -0.2) is 41.9 Å². The van der Waals surface area contributed by atoms with E-state index in [-0.39, 0.29) is 17.3 Å². The summed E-state index contributed by atoms with van der Waals surface area (Å²) in [6, 6.07) is 29.3. The highest BCUT2D eigenvalue weighted by Crippen LogP contribution is 2.58. The van der Waals surface area contributed by atoms with Crippen LogP contribution in [0.5, 0.6) is 0 Å². The lowest BCUT2D eigenvalue weighted by atomic mass is 9.42. The predicted octanol–water partition coefficient (Wildman–Crippen LogP) is 3.72. The minimum atomic E-state index is -1.19. The molecule has 7 rings (SSSR count). The highest BCUT2D eigenvalue weighted by atomic mass is 16.2. The SMILES string of the molecule is O=C1C2(Cc3ccccc3)CN3CC1(Cc1ccccc1)C(=O)C(Cc1ccccc1)(C3)C2=O. The molecule has 4 heteroatoms. The molecular formula is C30H27NO3. The van der Waals surface area contributed by atoms with Crippen LogP contribution in [0.1, 0.15) is 16.7 Å². The molecule has 0 unspecified atom stereocenters. The number of ketones is 3. The quantitative estimate of drug-likeness (QED) is 0.538. The molecule has 34 heavy (non-hydrogen) atoms. The van der Waals surface area contributed by atoms with Gasteiger partial charge in [-0.2, -0.15) is 0 Å². The van der Waals surface area contributed by atoms with Gasteiger partial charge in [0.2, 0.25) is 0 Å². The molecule has 170 valence electrons. The first kappa shape index (κ1) is 21.2. The smallest absolute Gasteiger partial charge is 0.163 e. The van der Waals surface area contributed by atoms with Gasteiger partial charge in [-0.25, -0.2) is 0 Å². The van der Waals surface area contributed by atoms with Gasteiger partial charge >= 0.3 is 0 Å². The van der Waals surface area contributed by atoms with E-state index in [1.54, 1.807) is 0 Å². The number of hydrogen-bond acceptors (Lipinski definition) is 4. The van der Waals surface area contributed by atoms with Crippen LogP contribution in [-0.2, 0) is 33.6 Å². The van der Waals surface area contributed by atoms with Crippen molar-refractivity contribution in [2.75, 3.05) is 19.6 Å². The lowest BCUT2D eigenvalue weighted by Gasteiger charge is -2.64. The first-order valence-corrected chi connectivity index (χ1v) is 12.0. The number of benzene rings is 3. The number of hydrogen-bond donors (Lipinski definition) is 0. The van der Waals surface area contributed by atoms with Crippen LogP contribution in [0.15, 0.2) is 91.0 Å². The zero-order valence-corrected chi connectivity index (χ0v) is 19.1. The van der Waals surface area contributed by atoms with Crippen molar-refractivity contribution in [1.82, 2.24) is 4.90 Å². The number of nitrogens with zero attached hydrogens (tertiary/aromatic N) is 1. The van der Waals surface area contributed by atoms with Crippen molar-refractivity contribution in [3.63, 3.8) is 0 Å². The summed E-state index contributed by atoms with van der Waals surface area (Å²) in [7, 11) is 0. The summed E-state index contributed by atoms with van der Waals surface area (Å²) in [5.74, 6) is -0.493. The molecule has 3 saturated heterocycles. The summed E-state index contributed by atoms with van der Waals surface area (Å²) >= 11 is 0. The molecule has 0 aromatic heterocycles. The second-order valence-corrected chi connectivity index (χ2v) is 10.4. The van der Waals surface area contributed by atoms with Gasteiger partial charge in [0.05, 0.1) is 0 Å². The Morgan fingerprint density at radius 2 is 0.735 bits per heavy atom. The zero-order valence-electron chi connectivity index (χ0n) is 19.1. The number of piperidine rings is 3. The third kappa shape index (κ3) is 2.91. The molecule has 4 fully saturated rings. The van der Waals surface area contributed by atoms with Gasteiger partial charge in [0.15, 0.2) is 17.3 Å². The fourth-order valence-electron chi connectivity index (χ4n) is 6.91. The van der Waals surface area contributed by atoms with Crippen molar-refractivity contribution in [3.05, 3.63) is 108 Å². The summed E-state index contributed by atoms with van der Waals surface area (Å²) in [6.45, 7) is 1.21. The Balaban J connectivity index is 1.52. The number of carbonyl (C=O) groups excluding carboxylic acids is 3. The molecule has 3 aromatic rings. The van der Waals surface area contributed by atoms with E-state index in [0.717, 1.165) is 16.7 Å². The van der Waals surface area contributed by atoms with Crippen molar-refractivity contribution in [1.29, 1.82) is 0 Å². The van der Waals surface area contributed by atoms with Crippen molar-refractivity contribution >= 4 is 17.3 Å². The molecule has 4 bridgehead atoms. The molecular weight excluding hydrogens is 422 g/mol. The van der Waals surface area contributed by atoms with Gasteiger partial charge < -0.3 is 0 Å². The van der Waals surface area contributed by atoms with Gasteiger partial charge in [0, 0.05) is 19.6 Å². The van der Waals surface area contributed by atoms with Crippen LogP contribution in [0, 0.1) is 16.2 Å². The highest BCUT2D eigenvalue weighted by molar-refractivity contribution is 6.33. The Hall–Kier alpha value is -3.37. The molecule has 4 aliphatic rings. The Labute approximate surface area is 199 Å². The fraction of sp³-hybridized carbons (Fsp3) is 0.300. The maximum absolute atomic E-state index is 14.4. The molecule has 3 heterocycles. The van der Waals surface area contributed by atoms with Crippen LogP contribution in [0.25, 0.3) is 0 Å². The van der Waals surface area contributed by atoms with Gasteiger partial charge in [0.25, 0.3) is 0 Å². The zero-order chi connectivity index (χ0) is 23.4. The molecule has 4 nitrogen and oxygen atoms in total. The van der Waals surface area contributed by atoms with Gasteiger partial charge in [0.1, 0.15) is 16.2 Å². The number of rotatable bonds is 6. The van der Waals surface area contributed by atoms with Crippen LogP contribution in [0.3, 0.4) is 0 Å². The second kappa shape index (κ2) is 7.57. The van der Waals surface area contributed by atoms with Gasteiger partial charge in [-0.1, -0.05) is 91.0 Å². The van der Waals surface area contributed by atoms with Crippen LogP contribution in [0.4, 0.5) is 0 Å². The van der Waals surface area contributed by atoms with E-state index in [4.69, 9.17) is 0 Å². The summed E-state index contributed by atoms with van der Waals surface area (Å²) in [4.78, 5) is 45.3. The lowest BCUT2D eigenvalue weighted by molar-refractivity contribution is -0.192. The van der Waals surface area contributed by atoms with Crippen LogP contribution < -0.4 is 0 Å². The standard InChI is InChI=1S/C30H27NO3/c32-25-28(16-22-10-4-1-5-11-22)19-31-20-29(25,17-23-12-6-2-7-13-23)27(34)30(21-31,26(28)33)18-24-14-8-3-9-15-24/h1-15H,16-21H2. The summed E-state index contributed by atoms with van der Waals surface area (Å²) in [5.41, 5.74) is -0.668. The third-order valence-corrected chi connectivity index (χ3v) is 8.13. The van der Waals surface area contributed by atoms with Gasteiger partial charge in [-0.05, 0) is 36.0 Å². The molecule has 0 amide bonds. The van der Waals surface area contributed by atoms with Crippen molar-refractivity contribution in [3.8, 4) is 0 Å². The molecule has 3 aromatic carbocycles. The average Bonchev–Trinajstić information content (AvgIpc) is 2.86. The van der Waals surface area contributed by atoms with E-state index < -0.39 is 16.2 Å². The second-order valence-electron chi connectivity index (χ2n) is 10.4. The van der Waals surface area contributed by atoms with Crippen LogP contribution in [0.2, 0.25) is 0 Å². The molecule has 0 spiro atoms. The summed E-state index contributed by atoms with van der Waals surface area (Å²) in [6.07, 6.45) is 1.05. The topological polar surface area (TPSA) is 54.5 Å². The van der Waals surface area contributed by atoms with E-state index in [2.05, 4.69) is 4.90 Å². The third-order valence-electron chi connectivity index (χ3n) is 8.13. The Kier molecular flexibility index (Phi) is 4.72. The molecule has 3 aliphatic heterocycles. The van der Waals surface area contributed by atoms with Crippen molar-refractivity contribution in [2.45, 2.75) is 19.3 Å². The normalized spacial score (nSPS) is 31.8. The van der Waals surface area contributed by atoms with E-state index >= 15 is 0 Å². The maximum atomic E-state index is 14.4. The number of Topliss-reactive ketones (excluding diaryl/α,β-unsaturated/α-hetero) is 3. The Morgan fingerprint density at radius 1 is 0.471 bits per heavy atom. The van der Waals surface area contributed by atoms with E-state index in [1.807, 2.05) is 91.0 Å². The molecule has 1 aliphatic carbocycles. The number of carbonyl (C=O) groups is 3. The first-order chi connectivity index (χ1) is 16.5. The molecule has 0 radical (unpaired) electrons. The van der Waals surface area contributed by atoms with Gasteiger partial charge in [-0.15, -0.1) is 0 Å². The van der Waals surface area contributed by atoms with E-state index in [9.17, 15) is 14.4 Å². The summed E-state index contributed by atoms with van der Waals surface area (Å²) in [5, 5.41) is 0. The minimum absolute atomic E-state index is 0.164. The minimum Gasteiger partial charge on any atom is -0.299 e. The first-order valence-electron chi connectivity index (χ1n) is 12.0. The van der Waals surface area contributed by atoms with Gasteiger partial charge in [-0.3, -0.25) is 19.3 Å². The summed E-state index contributed by atoms with van der Waals surface area (Å²) < 4.78 is 0. The lowest BCUT2D eigenvalue weighted by Crippen LogP contribution is -2.82. The van der Waals surface area contributed by atoms with Crippen molar-refractivity contribution < 1.29 is 14.4 Å².